The summed E-state index contributed by atoms with van der Waals surface area (Å²) in [5, 5.41) is 14.7. The Bertz CT molecular complexity index is 1240. The molecule has 7 nitrogen and oxygen atoms in total. The van der Waals surface area contributed by atoms with Crippen molar-refractivity contribution < 1.29 is 24.2 Å². The molecule has 0 aliphatic heterocycles. The molecule has 35 heavy (non-hydrogen) atoms. The molecule has 0 bridgehead atoms. The van der Waals surface area contributed by atoms with Gasteiger partial charge in [0, 0.05) is 10.4 Å². The number of aromatic carboxylic acids is 1. The van der Waals surface area contributed by atoms with Crippen LogP contribution in [-0.2, 0) is 9.53 Å². The highest BCUT2D eigenvalue weighted by molar-refractivity contribution is 9.10. The molecule has 1 atom stereocenters. The predicted octanol–water partition coefficient (Wildman–Crippen LogP) is 5.65. The van der Waals surface area contributed by atoms with Crippen molar-refractivity contribution >= 4 is 39.6 Å². The number of para-hydroxylation sites is 1. The lowest BCUT2D eigenvalue weighted by molar-refractivity contribution is -0.119. The lowest BCUT2D eigenvalue weighted by Crippen LogP contribution is -2.47. The van der Waals surface area contributed by atoms with Gasteiger partial charge in [0.1, 0.15) is 12.6 Å². The number of carboxylic acids is 1. The maximum atomic E-state index is 13.0. The maximum absolute atomic E-state index is 13.0. The Morgan fingerprint density at radius 1 is 0.943 bits per heavy atom. The Morgan fingerprint density at radius 2 is 1.54 bits per heavy atom. The van der Waals surface area contributed by atoms with Crippen molar-refractivity contribution in [2.75, 3.05) is 11.9 Å². The summed E-state index contributed by atoms with van der Waals surface area (Å²) < 4.78 is 6.00. The van der Waals surface area contributed by atoms with Crippen molar-refractivity contribution in [3.05, 3.63) is 87.9 Å². The highest BCUT2D eigenvalue weighted by Gasteiger charge is 2.31. The lowest BCUT2D eigenvalue weighted by Gasteiger charge is -2.23. The number of alkyl carbamates (subject to hydrolysis) is 1. The van der Waals surface area contributed by atoms with Crippen LogP contribution in [0.4, 0.5) is 10.5 Å². The van der Waals surface area contributed by atoms with Crippen LogP contribution < -0.4 is 10.6 Å². The molecule has 1 aliphatic rings. The van der Waals surface area contributed by atoms with Gasteiger partial charge in [-0.25, -0.2) is 9.59 Å². The van der Waals surface area contributed by atoms with Crippen molar-refractivity contribution in [1.82, 2.24) is 5.32 Å². The van der Waals surface area contributed by atoms with Crippen LogP contribution >= 0.6 is 15.9 Å². The van der Waals surface area contributed by atoms with E-state index in [2.05, 4.69) is 38.7 Å². The second-order valence-electron chi connectivity index (χ2n) is 8.65. The minimum Gasteiger partial charge on any atom is -0.478 e. The summed E-state index contributed by atoms with van der Waals surface area (Å²) in [6, 6.07) is 19.7. The minimum absolute atomic E-state index is 0.0589. The van der Waals surface area contributed by atoms with E-state index in [1.165, 1.54) is 6.07 Å². The van der Waals surface area contributed by atoms with Crippen LogP contribution in [0.3, 0.4) is 0 Å². The zero-order valence-electron chi connectivity index (χ0n) is 19.2. The van der Waals surface area contributed by atoms with Crippen LogP contribution in [0.25, 0.3) is 11.1 Å². The van der Waals surface area contributed by atoms with Gasteiger partial charge < -0.3 is 20.5 Å². The Kier molecular flexibility index (Phi) is 7.21. The third-order valence-corrected chi connectivity index (χ3v) is 6.72. The van der Waals surface area contributed by atoms with Crippen molar-refractivity contribution in [1.29, 1.82) is 0 Å². The third-order valence-electron chi connectivity index (χ3n) is 6.06. The molecule has 0 spiro atoms. The normalized spacial score (nSPS) is 13.0. The van der Waals surface area contributed by atoms with E-state index in [0.717, 1.165) is 22.3 Å². The van der Waals surface area contributed by atoms with E-state index in [-0.39, 0.29) is 29.7 Å². The number of amides is 2. The van der Waals surface area contributed by atoms with E-state index >= 15 is 0 Å². The number of carboxylic acid groups (broad SMARTS) is 1. The molecule has 3 aromatic carbocycles. The molecule has 0 unspecified atom stereocenters. The van der Waals surface area contributed by atoms with Gasteiger partial charge in [-0.15, -0.1) is 0 Å². The number of carbonyl (C=O) groups is 3. The summed E-state index contributed by atoms with van der Waals surface area (Å²) in [6.07, 6.45) is -0.716. The van der Waals surface area contributed by atoms with Crippen LogP contribution in [-0.4, -0.2) is 35.7 Å². The Morgan fingerprint density at radius 3 is 2.11 bits per heavy atom. The summed E-state index contributed by atoms with van der Waals surface area (Å²) >= 11 is 3.28. The molecule has 0 saturated heterocycles. The Hall–Kier alpha value is -3.65. The first-order chi connectivity index (χ1) is 16.8. The molecule has 4 rings (SSSR count). The van der Waals surface area contributed by atoms with Gasteiger partial charge in [0.05, 0.1) is 11.3 Å². The monoisotopic (exact) mass is 536 g/mol. The van der Waals surface area contributed by atoms with Crippen LogP contribution in [0.5, 0.6) is 0 Å². The average molecular weight is 537 g/mol. The first kappa shape index (κ1) is 24.5. The second kappa shape index (κ2) is 10.3. The van der Waals surface area contributed by atoms with E-state index in [4.69, 9.17) is 4.74 Å². The fraction of sp³-hybridized carbons (Fsp3) is 0.222. The zero-order chi connectivity index (χ0) is 25.1. The number of anilines is 1. The first-order valence-corrected chi connectivity index (χ1v) is 12.0. The van der Waals surface area contributed by atoms with Gasteiger partial charge in [-0.05, 0) is 56.2 Å². The van der Waals surface area contributed by atoms with Crippen molar-refractivity contribution in [3.8, 4) is 11.1 Å². The standard InChI is InChI=1S/C27H25BrN2O5/c1-15(2)23(25(31)29-24-20(26(32)33)12-7-13-22(24)28)30-27(34)35-14-21-18-10-5-3-8-16(18)17-9-4-6-11-19(17)21/h3-13,15,21,23H,14H2,1-2H3,(H,29,31)(H,30,34)(H,32,33)/t23-/m1/s1. The van der Waals surface area contributed by atoms with Gasteiger partial charge >= 0.3 is 12.1 Å². The fourth-order valence-corrected chi connectivity index (χ4v) is 4.80. The third kappa shape index (κ3) is 5.07. The number of carbonyl (C=O) groups excluding carboxylic acids is 2. The number of fused-ring (bicyclic) bond motifs is 3. The van der Waals surface area contributed by atoms with E-state index < -0.39 is 24.0 Å². The average Bonchev–Trinajstić information content (AvgIpc) is 3.15. The van der Waals surface area contributed by atoms with E-state index in [0.29, 0.717) is 4.47 Å². The Balaban J connectivity index is 1.45. The van der Waals surface area contributed by atoms with Crippen LogP contribution in [0, 0.1) is 5.92 Å². The van der Waals surface area contributed by atoms with Crippen LogP contribution in [0.15, 0.2) is 71.2 Å². The molecule has 0 radical (unpaired) electrons. The molecule has 2 amide bonds. The summed E-state index contributed by atoms with van der Waals surface area (Å²) in [5.41, 5.74) is 4.50. The van der Waals surface area contributed by atoms with Crippen LogP contribution in [0.1, 0.15) is 41.3 Å². The maximum Gasteiger partial charge on any atom is 0.407 e. The number of hydrogen-bond acceptors (Lipinski definition) is 4. The molecule has 0 aromatic heterocycles. The van der Waals surface area contributed by atoms with Crippen molar-refractivity contribution in [3.63, 3.8) is 0 Å². The number of nitrogens with one attached hydrogen (secondary N) is 2. The lowest BCUT2D eigenvalue weighted by atomic mass is 9.98. The zero-order valence-corrected chi connectivity index (χ0v) is 20.8. The van der Waals surface area contributed by atoms with E-state index in [1.807, 2.05) is 36.4 Å². The highest BCUT2D eigenvalue weighted by Crippen LogP contribution is 2.44. The number of rotatable bonds is 7. The van der Waals surface area contributed by atoms with Gasteiger partial charge in [-0.1, -0.05) is 68.4 Å². The van der Waals surface area contributed by atoms with Gasteiger partial charge in [0.25, 0.3) is 0 Å². The summed E-state index contributed by atoms with van der Waals surface area (Å²) in [7, 11) is 0. The summed E-state index contributed by atoms with van der Waals surface area (Å²) in [4.78, 5) is 37.3. The van der Waals surface area contributed by atoms with Crippen molar-refractivity contribution in [2.45, 2.75) is 25.8 Å². The number of ether oxygens (including phenoxy) is 1. The highest BCUT2D eigenvalue weighted by atomic mass is 79.9. The second-order valence-corrected chi connectivity index (χ2v) is 9.50. The predicted molar refractivity (Wildman–Crippen MR) is 137 cm³/mol. The molecular formula is C27H25BrN2O5. The quantitative estimate of drug-likeness (QED) is 0.362. The number of benzene rings is 3. The molecule has 3 aromatic rings. The smallest absolute Gasteiger partial charge is 0.407 e. The summed E-state index contributed by atoms with van der Waals surface area (Å²) in [5.74, 6) is -2.08. The molecule has 0 fully saturated rings. The molecular weight excluding hydrogens is 512 g/mol. The van der Waals surface area contributed by atoms with E-state index in [1.54, 1.807) is 26.0 Å². The molecule has 8 heteroatoms. The van der Waals surface area contributed by atoms with Crippen LogP contribution in [0.2, 0.25) is 0 Å². The molecule has 1 aliphatic carbocycles. The topological polar surface area (TPSA) is 105 Å². The molecule has 3 N–H and O–H groups in total. The van der Waals surface area contributed by atoms with Gasteiger partial charge in [-0.2, -0.15) is 0 Å². The number of hydrogen-bond donors (Lipinski definition) is 3. The summed E-state index contributed by atoms with van der Waals surface area (Å²) in [6.45, 7) is 3.69. The largest absolute Gasteiger partial charge is 0.478 e. The van der Waals surface area contributed by atoms with Gasteiger partial charge in [-0.3, -0.25) is 4.79 Å². The van der Waals surface area contributed by atoms with Crippen molar-refractivity contribution in [2.24, 2.45) is 5.92 Å². The molecule has 180 valence electrons. The fourth-order valence-electron chi connectivity index (χ4n) is 4.33. The van der Waals surface area contributed by atoms with Gasteiger partial charge in [0.2, 0.25) is 5.91 Å². The van der Waals surface area contributed by atoms with E-state index in [9.17, 15) is 19.5 Å². The minimum atomic E-state index is -1.17. The Labute approximate surface area is 211 Å². The van der Waals surface area contributed by atoms with Gasteiger partial charge in [0.15, 0.2) is 0 Å². The molecule has 0 heterocycles. The first-order valence-electron chi connectivity index (χ1n) is 11.2. The SMILES string of the molecule is CC(C)[C@@H](NC(=O)OCC1c2ccccc2-c2ccccc21)C(=O)Nc1c(Br)cccc1C(=O)O. The number of halogens is 1. The molecule has 0 saturated carbocycles.